The molecule has 0 unspecified atom stereocenters. The summed E-state index contributed by atoms with van der Waals surface area (Å²) < 4.78 is 0. The number of nitrogens with zero attached hydrogens (tertiary/aromatic N) is 1. The van der Waals surface area contributed by atoms with Crippen LogP contribution in [-0.2, 0) is 20.4 Å². The van der Waals surface area contributed by atoms with Crippen molar-refractivity contribution >= 4 is 0 Å². The number of rotatable bonds is 0. The predicted molar refractivity (Wildman–Crippen MR) is 17.4 cm³/mol. The Morgan fingerprint density at radius 1 is 1.67 bits per heavy atom. The zero-order valence-electron chi connectivity index (χ0n) is 2.98. The van der Waals surface area contributed by atoms with Crippen molar-refractivity contribution < 1.29 is 20.4 Å². The van der Waals surface area contributed by atoms with E-state index in [1.807, 2.05) is 0 Å². The van der Waals surface area contributed by atoms with Gasteiger partial charge in [-0.15, -0.1) is 6.20 Å². The van der Waals surface area contributed by atoms with Gasteiger partial charge in [-0.05, 0) is 0 Å². The van der Waals surface area contributed by atoms with Gasteiger partial charge >= 0.3 is 0 Å². The summed E-state index contributed by atoms with van der Waals surface area (Å²) in [4.78, 5) is 0. The molecule has 0 fully saturated rings. The number of aromatic amines is 1. The third-order valence-corrected chi connectivity index (χ3v) is 0.362. The number of hydrogen-bond donors (Lipinski definition) is 1. The summed E-state index contributed by atoms with van der Waals surface area (Å²) in [5, 5.41) is 6.03. The van der Waals surface area contributed by atoms with Gasteiger partial charge in [-0.2, -0.15) is 12.3 Å². The molecule has 0 spiro atoms. The molecule has 1 N–H and O–H groups in total. The van der Waals surface area contributed by atoms with E-state index < -0.39 is 0 Å². The van der Waals surface area contributed by atoms with Crippen LogP contribution in [0.2, 0.25) is 0 Å². The summed E-state index contributed by atoms with van der Waals surface area (Å²) in [6.07, 6.45) is 4.26. The molecule has 0 atom stereocenters. The van der Waals surface area contributed by atoms with Gasteiger partial charge in [0.25, 0.3) is 0 Å². The summed E-state index contributed by atoms with van der Waals surface area (Å²) in [6, 6.07) is 1.71. The molecule has 1 aromatic rings. The van der Waals surface area contributed by atoms with Gasteiger partial charge in [0.05, 0.1) is 0 Å². The third kappa shape index (κ3) is 1.35. The summed E-state index contributed by atoms with van der Waals surface area (Å²) in [5.74, 6) is 0. The maximum absolute atomic E-state index is 3.54. The van der Waals surface area contributed by atoms with Gasteiger partial charge in [0.2, 0.25) is 0 Å². The van der Waals surface area contributed by atoms with Gasteiger partial charge in [-0.3, -0.25) is 0 Å². The maximum Gasteiger partial charge on any atom is 0 e. The van der Waals surface area contributed by atoms with Crippen molar-refractivity contribution in [2.24, 2.45) is 0 Å². The van der Waals surface area contributed by atoms with Crippen LogP contribution in [0.4, 0.5) is 0 Å². The quantitative estimate of drug-likeness (QED) is 0.658. The van der Waals surface area contributed by atoms with Crippen molar-refractivity contribution in [3.8, 4) is 0 Å². The zero-order chi connectivity index (χ0) is 3.54. The molecule has 6 heavy (non-hydrogen) atoms. The zero-order valence-corrected chi connectivity index (χ0v) is 5.70. The Morgan fingerprint density at radius 2 is 2.50 bits per heavy atom. The van der Waals surface area contributed by atoms with Crippen LogP contribution in [0.25, 0.3) is 0 Å². The van der Waals surface area contributed by atoms with E-state index in [9.17, 15) is 0 Å². The van der Waals surface area contributed by atoms with Crippen LogP contribution in [0.3, 0.4) is 0 Å². The first kappa shape index (κ1) is 5.87. The van der Waals surface area contributed by atoms with Gasteiger partial charge < -0.3 is 10.2 Å². The summed E-state index contributed by atoms with van der Waals surface area (Å²) >= 11 is 0. The normalized spacial score (nSPS) is 6.67. The summed E-state index contributed by atoms with van der Waals surface area (Å²) in [7, 11) is 0. The van der Waals surface area contributed by atoms with Gasteiger partial charge in [-0.25, -0.2) is 0 Å². The van der Waals surface area contributed by atoms with E-state index in [1.165, 1.54) is 0 Å². The van der Waals surface area contributed by atoms with Crippen LogP contribution >= 0.6 is 0 Å². The molecular formula is C3H3N2Re-. The molecule has 1 heterocycles. The molecule has 2 nitrogen and oxygen atoms in total. The average molecular weight is 253 g/mol. The molecule has 0 bridgehead atoms. The van der Waals surface area contributed by atoms with Crippen molar-refractivity contribution in [1.82, 2.24) is 10.2 Å². The van der Waals surface area contributed by atoms with E-state index in [1.54, 1.807) is 12.3 Å². The van der Waals surface area contributed by atoms with Crippen LogP contribution in [0.5, 0.6) is 0 Å². The Morgan fingerprint density at radius 3 is 2.67 bits per heavy atom. The second kappa shape index (κ2) is 3.08. The van der Waals surface area contributed by atoms with E-state index >= 15 is 0 Å². The van der Waals surface area contributed by atoms with Crippen LogP contribution in [0, 0.1) is 6.20 Å². The number of H-pyrrole nitrogens is 1. The monoisotopic (exact) mass is 254 g/mol. The first-order chi connectivity index (χ1) is 2.50. The Kier molecular flexibility index (Phi) is 3.01. The minimum absolute atomic E-state index is 0. The van der Waals surface area contributed by atoms with Crippen molar-refractivity contribution in [2.45, 2.75) is 0 Å². The molecule has 0 saturated heterocycles. The Balaban J connectivity index is 0.000000250. The minimum atomic E-state index is 0. The fraction of sp³-hybridized carbons (Fsp3) is 0. The first-order valence-electron chi connectivity index (χ1n) is 1.35. The van der Waals surface area contributed by atoms with Crippen molar-refractivity contribution in [3.05, 3.63) is 18.5 Å². The molecule has 1 rings (SSSR count). The van der Waals surface area contributed by atoms with Crippen LogP contribution < -0.4 is 0 Å². The largest absolute Gasteiger partial charge is 0.390 e. The standard InChI is InChI=1S/C3H3N2.Re/c1-2-4-5-3-1;/h1-2H,(H,4,5);/q-1;. The molecule has 0 aliphatic carbocycles. The molecular weight excluding hydrogens is 250 g/mol. The minimum Gasteiger partial charge on any atom is -0.390 e. The van der Waals surface area contributed by atoms with Crippen molar-refractivity contribution in [2.75, 3.05) is 0 Å². The maximum atomic E-state index is 3.54. The van der Waals surface area contributed by atoms with Crippen molar-refractivity contribution in [3.63, 3.8) is 0 Å². The topological polar surface area (TPSA) is 28.7 Å². The molecule has 0 amide bonds. The van der Waals surface area contributed by atoms with E-state index in [4.69, 9.17) is 0 Å². The SMILES string of the molecule is [Re].[c-]1ccn[nH]1. The van der Waals surface area contributed by atoms with Crippen LogP contribution in [-0.4, -0.2) is 10.2 Å². The predicted octanol–water partition coefficient (Wildman–Crippen LogP) is 0.207. The Bertz CT molecular complexity index is 65.3. The molecule has 33 valence electrons. The molecule has 0 aliphatic heterocycles. The number of nitrogens with one attached hydrogen (secondary N) is 1. The Labute approximate surface area is 49.6 Å². The molecule has 0 aliphatic rings. The summed E-state index contributed by atoms with van der Waals surface area (Å²) in [5.41, 5.74) is 0. The molecule has 1 radical (unpaired) electrons. The van der Waals surface area contributed by atoms with Gasteiger partial charge in [0.1, 0.15) is 0 Å². The second-order valence-corrected chi connectivity index (χ2v) is 0.701. The van der Waals surface area contributed by atoms with E-state index in [0.717, 1.165) is 0 Å². The fourth-order valence-electron chi connectivity index (χ4n) is 0.186. The van der Waals surface area contributed by atoms with Crippen molar-refractivity contribution in [1.29, 1.82) is 0 Å². The first-order valence-corrected chi connectivity index (χ1v) is 1.35. The van der Waals surface area contributed by atoms with Gasteiger partial charge in [0.15, 0.2) is 0 Å². The van der Waals surface area contributed by atoms with E-state index in [2.05, 4.69) is 16.4 Å². The average Bonchev–Trinajstić information content (AvgIpc) is 1.76. The smallest absolute Gasteiger partial charge is 0 e. The van der Waals surface area contributed by atoms with Crippen LogP contribution in [0.1, 0.15) is 0 Å². The molecule has 0 saturated carbocycles. The second-order valence-electron chi connectivity index (χ2n) is 0.701. The van der Waals surface area contributed by atoms with E-state index in [-0.39, 0.29) is 20.4 Å². The summed E-state index contributed by atoms with van der Waals surface area (Å²) in [6.45, 7) is 0. The number of aromatic nitrogens is 2. The Hall–Kier alpha value is -0.128. The number of hydrogen-bond acceptors (Lipinski definition) is 1. The van der Waals surface area contributed by atoms with Crippen LogP contribution in [0.15, 0.2) is 12.3 Å². The fourth-order valence-corrected chi connectivity index (χ4v) is 0.186. The van der Waals surface area contributed by atoms with E-state index in [0.29, 0.717) is 0 Å². The molecule has 1 aromatic heterocycles. The van der Waals surface area contributed by atoms with Gasteiger partial charge in [0, 0.05) is 20.4 Å². The third-order valence-electron chi connectivity index (χ3n) is 0.362. The molecule has 3 heteroatoms. The van der Waals surface area contributed by atoms with Gasteiger partial charge in [-0.1, -0.05) is 0 Å². The molecule has 0 aromatic carbocycles.